The Morgan fingerprint density at radius 1 is 1.11 bits per heavy atom. The van der Waals surface area contributed by atoms with Gasteiger partial charge >= 0.3 is 6.18 Å². The van der Waals surface area contributed by atoms with Crippen molar-refractivity contribution in [1.82, 2.24) is 39.2 Å². The topological polar surface area (TPSA) is 107 Å². The summed E-state index contributed by atoms with van der Waals surface area (Å²) in [6, 6.07) is 3.65. The third-order valence-corrected chi connectivity index (χ3v) is 5.64. The van der Waals surface area contributed by atoms with Crippen molar-refractivity contribution >= 4 is 17.7 Å². The lowest BCUT2D eigenvalue weighted by molar-refractivity contribution is -0.137. The third kappa shape index (κ3) is 4.44. The molecule has 180 valence electrons. The maximum absolute atomic E-state index is 13.1. The first-order chi connectivity index (χ1) is 16.7. The number of hydrogen-bond donors (Lipinski definition) is 1. The van der Waals surface area contributed by atoms with Crippen LogP contribution in [0.4, 0.5) is 24.9 Å². The number of rotatable bonds is 5. The van der Waals surface area contributed by atoms with E-state index in [0.717, 1.165) is 23.9 Å². The summed E-state index contributed by atoms with van der Waals surface area (Å²) in [5.74, 6) is 0.862. The molecule has 0 aliphatic carbocycles. The number of halogens is 3. The lowest BCUT2D eigenvalue weighted by Crippen LogP contribution is -2.40. The van der Waals surface area contributed by atoms with Crippen molar-refractivity contribution in [3.8, 4) is 11.4 Å². The summed E-state index contributed by atoms with van der Waals surface area (Å²) in [4.78, 5) is 31.9. The molecule has 0 radical (unpaired) electrons. The molecule has 0 fully saturated rings. The number of carbonyl (C=O) groups excluding carboxylic acids is 1. The van der Waals surface area contributed by atoms with Crippen LogP contribution in [0.25, 0.3) is 11.4 Å². The molecule has 1 aliphatic rings. The quantitative estimate of drug-likeness (QED) is 0.465. The molecule has 0 bridgehead atoms. The van der Waals surface area contributed by atoms with Crippen LogP contribution in [-0.2, 0) is 26.3 Å². The van der Waals surface area contributed by atoms with Crippen molar-refractivity contribution in [2.75, 3.05) is 11.9 Å². The molecule has 4 aromatic rings. The number of fused-ring (bicyclic) bond motifs is 1. The number of imidazole rings is 1. The number of aromatic nitrogens is 7. The Kier molecular flexibility index (Phi) is 5.46. The first-order valence-electron chi connectivity index (χ1n) is 10.7. The Bertz CT molecular complexity index is 1410. The molecule has 0 atom stereocenters. The Morgan fingerprint density at radius 2 is 1.94 bits per heavy atom. The molecule has 0 spiro atoms. The highest BCUT2D eigenvalue weighted by molar-refractivity contribution is 5.92. The van der Waals surface area contributed by atoms with Crippen LogP contribution < -0.4 is 5.32 Å². The number of anilines is 2. The highest BCUT2D eigenvalue weighted by Gasteiger charge is 2.32. The number of nitrogens with one attached hydrogen (secondary N) is 1. The number of carbonyl (C=O) groups is 1. The minimum atomic E-state index is -4.48. The van der Waals surface area contributed by atoms with E-state index in [2.05, 4.69) is 30.4 Å². The van der Waals surface area contributed by atoms with Crippen molar-refractivity contribution in [2.45, 2.75) is 26.2 Å². The van der Waals surface area contributed by atoms with Gasteiger partial charge in [-0.3, -0.25) is 14.5 Å². The highest BCUT2D eigenvalue weighted by Crippen LogP contribution is 2.30. The second-order valence-electron chi connectivity index (χ2n) is 8.09. The van der Waals surface area contributed by atoms with Gasteiger partial charge in [0.2, 0.25) is 5.95 Å². The molecule has 1 amide bonds. The number of nitrogens with zero attached hydrogens (tertiary/aromatic N) is 8. The zero-order chi connectivity index (χ0) is 24.7. The van der Waals surface area contributed by atoms with Crippen molar-refractivity contribution < 1.29 is 18.0 Å². The summed E-state index contributed by atoms with van der Waals surface area (Å²) in [6.07, 6.45) is 1.67. The van der Waals surface area contributed by atoms with E-state index in [9.17, 15) is 18.0 Å². The number of pyridine rings is 1. The van der Waals surface area contributed by atoms with Gasteiger partial charge in [-0.25, -0.2) is 15.0 Å². The summed E-state index contributed by atoms with van der Waals surface area (Å²) < 4.78 is 42.5. The lowest BCUT2D eigenvalue weighted by Gasteiger charge is -2.27. The summed E-state index contributed by atoms with van der Waals surface area (Å²) in [5, 5.41) is 7.19. The summed E-state index contributed by atoms with van der Waals surface area (Å²) >= 11 is 0. The smallest absolute Gasteiger partial charge is 0.328 e. The fourth-order valence-electron chi connectivity index (χ4n) is 3.80. The van der Waals surface area contributed by atoms with Crippen LogP contribution in [0.1, 0.15) is 27.4 Å². The monoisotopic (exact) mass is 483 g/mol. The summed E-state index contributed by atoms with van der Waals surface area (Å²) in [5.41, 5.74) is 1.19. The van der Waals surface area contributed by atoms with Gasteiger partial charge in [0.15, 0.2) is 5.82 Å². The lowest BCUT2D eigenvalue weighted by atomic mass is 10.2. The van der Waals surface area contributed by atoms with E-state index < -0.39 is 11.7 Å². The van der Waals surface area contributed by atoms with E-state index in [-0.39, 0.29) is 24.0 Å². The first-order valence-corrected chi connectivity index (χ1v) is 10.7. The zero-order valence-electron chi connectivity index (χ0n) is 18.8. The second kappa shape index (κ2) is 8.49. The highest BCUT2D eigenvalue weighted by atomic mass is 19.4. The van der Waals surface area contributed by atoms with Crippen LogP contribution in [0, 0.1) is 6.92 Å². The van der Waals surface area contributed by atoms with Crippen molar-refractivity contribution in [3.63, 3.8) is 0 Å². The zero-order valence-corrected chi connectivity index (χ0v) is 18.8. The maximum Gasteiger partial charge on any atom is 0.416 e. The standard InChI is InChI=1S/C22H20F3N9O/c1-13-10-27-21(30-17-4-6-28-32(17)2)31-18(13)16-12-33-7-8-34(20(35)19(33)29-16)11-15-9-14(3-5-26-15)22(23,24)25/h3-6,9-10,12H,7-8,11H2,1-2H3,(H,27,30,31). The van der Waals surface area contributed by atoms with E-state index >= 15 is 0 Å². The molecule has 0 unspecified atom stereocenters. The molecule has 13 heteroatoms. The van der Waals surface area contributed by atoms with Crippen LogP contribution in [0.5, 0.6) is 0 Å². The molecule has 0 saturated heterocycles. The minimum absolute atomic E-state index is 0.0454. The molecule has 0 aromatic carbocycles. The van der Waals surface area contributed by atoms with Gasteiger partial charge in [-0.2, -0.15) is 18.3 Å². The molecule has 5 heterocycles. The molecule has 10 nitrogen and oxygen atoms in total. The SMILES string of the molecule is Cc1cnc(Nc2ccnn2C)nc1-c1cn2c(n1)C(=O)N(Cc1cc(C(F)(F)F)ccn1)CC2. The summed E-state index contributed by atoms with van der Waals surface area (Å²) in [7, 11) is 1.78. The molecular weight excluding hydrogens is 463 g/mol. The van der Waals surface area contributed by atoms with Gasteiger partial charge < -0.3 is 14.8 Å². The Labute approximate surface area is 197 Å². The van der Waals surface area contributed by atoms with Gasteiger partial charge in [0.1, 0.15) is 11.5 Å². The Balaban J connectivity index is 1.39. The van der Waals surface area contributed by atoms with Gasteiger partial charge in [-0.15, -0.1) is 0 Å². The van der Waals surface area contributed by atoms with Crippen LogP contribution in [0.2, 0.25) is 0 Å². The van der Waals surface area contributed by atoms with E-state index in [0.29, 0.717) is 36.2 Å². The van der Waals surface area contributed by atoms with E-state index in [1.165, 1.54) is 4.90 Å². The Morgan fingerprint density at radius 3 is 2.69 bits per heavy atom. The average Bonchev–Trinajstić information content (AvgIpc) is 3.43. The first kappa shape index (κ1) is 22.5. The van der Waals surface area contributed by atoms with Crippen LogP contribution >= 0.6 is 0 Å². The minimum Gasteiger partial charge on any atom is -0.328 e. The number of amides is 1. The number of aryl methyl sites for hydroxylation is 2. The largest absolute Gasteiger partial charge is 0.416 e. The fourth-order valence-corrected chi connectivity index (χ4v) is 3.80. The molecular formula is C22H20F3N9O. The van der Waals surface area contributed by atoms with Crippen LogP contribution in [-0.4, -0.2) is 51.6 Å². The summed E-state index contributed by atoms with van der Waals surface area (Å²) in [6.45, 7) is 2.55. The van der Waals surface area contributed by atoms with Crippen molar-refractivity contribution in [3.05, 3.63) is 65.6 Å². The van der Waals surface area contributed by atoms with Gasteiger partial charge in [0.05, 0.1) is 29.7 Å². The molecule has 1 N–H and O–H groups in total. The van der Waals surface area contributed by atoms with Gasteiger partial charge in [-0.1, -0.05) is 0 Å². The van der Waals surface area contributed by atoms with Crippen LogP contribution in [0.15, 0.2) is 43.0 Å². The molecule has 4 aromatic heterocycles. The molecule has 5 rings (SSSR count). The van der Waals surface area contributed by atoms with E-state index in [1.54, 1.807) is 41.0 Å². The van der Waals surface area contributed by atoms with E-state index in [1.807, 2.05) is 6.92 Å². The normalized spacial score (nSPS) is 13.7. The number of alkyl halides is 3. The van der Waals surface area contributed by atoms with Gasteiger partial charge in [-0.05, 0) is 24.6 Å². The number of hydrogen-bond acceptors (Lipinski definition) is 7. The van der Waals surface area contributed by atoms with Crippen molar-refractivity contribution in [2.24, 2.45) is 7.05 Å². The molecule has 35 heavy (non-hydrogen) atoms. The van der Waals surface area contributed by atoms with Crippen molar-refractivity contribution in [1.29, 1.82) is 0 Å². The maximum atomic E-state index is 13.1. The van der Waals surface area contributed by atoms with Crippen LogP contribution in [0.3, 0.4) is 0 Å². The molecule has 1 aliphatic heterocycles. The van der Waals surface area contributed by atoms with Gasteiger partial charge in [0, 0.05) is 44.8 Å². The average molecular weight is 483 g/mol. The van der Waals surface area contributed by atoms with Gasteiger partial charge in [0.25, 0.3) is 5.91 Å². The predicted octanol–water partition coefficient (Wildman–Crippen LogP) is 3.20. The second-order valence-corrected chi connectivity index (χ2v) is 8.09. The predicted molar refractivity (Wildman–Crippen MR) is 118 cm³/mol. The molecule has 0 saturated carbocycles. The van der Waals surface area contributed by atoms with E-state index in [4.69, 9.17) is 0 Å². The fraction of sp³-hybridized carbons (Fsp3) is 0.273. The third-order valence-electron chi connectivity index (χ3n) is 5.64. The Hall–Kier alpha value is -4.29.